The van der Waals surface area contributed by atoms with Crippen LogP contribution in [0.25, 0.3) is 0 Å². The van der Waals surface area contributed by atoms with Gasteiger partial charge in [-0.3, -0.25) is 9.35 Å². The number of ketones is 1. The van der Waals surface area contributed by atoms with Gasteiger partial charge in [-0.15, -0.1) is 11.3 Å². The molecule has 0 unspecified atom stereocenters. The van der Waals surface area contributed by atoms with E-state index in [1.807, 2.05) is 4.72 Å². The van der Waals surface area contributed by atoms with Gasteiger partial charge in [0.1, 0.15) is 30.0 Å². The smallest absolute Gasteiger partial charge is 0.333 e. The van der Waals surface area contributed by atoms with E-state index in [2.05, 4.69) is 20.3 Å². The second kappa shape index (κ2) is 11.0. The van der Waals surface area contributed by atoms with Crippen LogP contribution in [0.15, 0.2) is 30.7 Å². The molecule has 0 saturated heterocycles. The number of pyridine rings is 1. The Hall–Kier alpha value is -2.66. The lowest BCUT2D eigenvalue weighted by molar-refractivity contribution is -0.117. The zero-order valence-corrected chi connectivity index (χ0v) is 23.2. The van der Waals surface area contributed by atoms with E-state index in [-0.39, 0.29) is 46.8 Å². The number of carbonyl (C=O) groups is 1. The summed E-state index contributed by atoms with van der Waals surface area (Å²) in [6.45, 7) is 0.753. The number of alkyl halides is 2. The molecule has 214 valence electrons. The average molecular weight is 616 g/mol. The van der Waals surface area contributed by atoms with E-state index in [0.29, 0.717) is 21.7 Å². The van der Waals surface area contributed by atoms with Gasteiger partial charge in [0.2, 0.25) is 5.78 Å². The Morgan fingerprint density at radius 3 is 2.85 bits per heavy atom. The van der Waals surface area contributed by atoms with Crippen molar-refractivity contribution in [2.45, 2.75) is 43.9 Å². The Balaban J connectivity index is 1.37. The van der Waals surface area contributed by atoms with Crippen molar-refractivity contribution in [1.29, 1.82) is 0 Å². The van der Waals surface area contributed by atoms with Crippen molar-refractivity contribution in [3.63, 3.8) is 0 Å². The van der Waals surface area contributed by atoms with E-state index in [0.717, 1.165) is 11.3 Å². The number of carbonyl (C=O) groups excluding carboxylic acids is 1. The minimum Gasteiger partial charge on any atom is -0.393 e. The van der Waals surface area contributed by atoms with E-state index in [4.69, 9.17) is 20.9 Å². The van der Waals surface area contributed by atoms with Crippen molar-refractivity contribution in [2.24, 2.45) is 5.92 Å². The fraction of sp³-hybridized carbons (Fsp3) is 0.417. The minimum atomic E-state index is -4.40. The first-order chi connectivity index (χ1) is 18.8. The molecule has 1 aliphatic carbocycles. The van der Waals surface area contributed by atoms with Crippen molar-refractivity contribution in [2.75, 3.05) is 18.5 Å². The van der Waals surface area contributed by atoms with Gasteiger partial charge in [-0.05, 0) is 38.0 Å². The summed E-state index contributed by atoms with van der Waals surface area (Å²) in [5, 5.41) is 13.5. The fourth-order valence-electron chi connectivity index (χ4n) is 5.00. The lowest BCUT2D eigenvalue weighted by Crippen LogP contribution is -2.32. The first kappa shape index (κ1) is 28.9. The second-order valence-electron chi connectivity index (χ2n) is 9.66. The number of rotatable bonds is 8. The highest BCUT2D eigenvalue weighted by Crippen LogP contribution is 2.44. The zero-order chi connectivity index (χ0) is 28.8. The molecule has 11 nitrogen and oxygen atoms in total. The molecule has 2 aliphatic rings. The third-order valence-corrected chi connectivity index (χ3v) is 8.72. The SMILES string of the molecule is Cc1sc(C(=O)c2cncnc2N[C@@H]2C[C@H](CNS(=O)(=O)O)[C@@H](O)C2)cc1[C@H]1OCC(F)(F)c2ccc(Cl)nc21. The zero-order valence-electron chi connectivity index (χ0n) is 20.8. The number of hydrogen-bond donors (Lipinski definition) is 4. The molecular weight excluding hydrogens is 592 g/mol. The Kier molecular flexibility index (Phi) is 7.91. The molecule has 0 spiro atoms. The first-order valence-corrected chi connectivity index (χ1v) is 14.7. The number of ether oxygens (including phenoxy) is 1. The van der Waals surface area contributed by atoms with E-state index < -0.39 is 46.7 Å². The van der Waals surface area contributed by atoms with Gasteiger partial charge in [-0.25, -0.2) is 15.0 Å². The first-order valence-electron chi connectivity index (χ1n) is 12.1. The molecular formula is C24H24ClF2N5O6S2. The molecule has 0 bridgehead atoms. The lowest BCUT2D eigenvalue weighted by Gasteiger charge is -2.30. The third kappa shape index (κ3) is 6.00. The van der Waals surface area contributed by atoms with Crippen molar-refractivity contribution in [1.82, 2.24) is 19.7 Å². The molecule has 5 rings (SSSR count). The van der Waals surface area contributed by atoms with Crippen LogP contribution in [0.3, 0.4) is 0 Å². The van der Waals surface area contributed by atoms with Crippen LogP contribution in [-0.2, 0) is 21.0 Å². The topological polar surface area (TPSA) is 164 Å². The van der Waals surface area contributed by atoms with Crippen LogP contribution >= 0.6 is 22.9 Å². The number of aliphatic hydroxyl groups is 1. The van der Waals surface area contributed by atoms with Gasteiger partial charge in [-0.1, -0.05) is 11.6 Å². The van der Waals surface area contributed by atoms with Crippen molar-refractivity contribution < 1.29 is 36.4 Å². The molecule has 4 atom stereocenters. The Morgan fingerprint density at radius 1 is 1.32 bits per heavy atom. The summed E-state index contributed by atoms with van der Waals surface area (Å²) < 4.78 is 67.4. The van der Waals surface area contributed by atoms with E-state index in [1.165, 1.54) is 24.7 Å². The molecule has 4 N–H and O–H groups in total. The Morgan fingerprint density at radius 2 is 2.10 bits per heavy atom. The predicted octanol–water partition coefficient (Wildman–Crippen LogP) is 3.28. The second-order valence-corrected chi connectivity index (χ2v) is 12.5. The number of fused-ring (bicyclic) bond motifs is 1. The van der Waals surface area contributed by atoms with Gasteiger partial charge in [0.25, 0.3) is 5.92 Å². The number of aryl methyl sites for hydroxylation is 1. The monoisotopic (exact) mass is 615 g/mol. The molecule has 3 aromatic rings. The van der Waals surface area contributed by atoms with Crippen LogP contribution in [-0.4, -0.2) is 64.1 Å². The van der Waals surface area contributed by atoms with Gasteiger partial charge >= 0.3 is 10.3 Å². The predicted molar refractivity (Wildman–Crippen MR) is 141 cm³/mol. The van der Waals surface area contributed by atoms with Gasteiger partial charge in [0.05, 0.1) is 22.2 Å². The van der Waals surface area contributed by atoms with Crippen LogP contribution in [0.4, 0.5) is 14.6 Å². The highest BCUT2D eigenvalue weighted by molar-refractivity contribution is 7.83. The standard InChI is InChI=1S/C24H24ClF2N5O6S2/c1-11-14(22-20-16(2-3-19(25)32-20)24(26,27)9-38-22)6-18(39-11)21(34)15-8-28-10-29-23(15)31-13-4-12(17(33)5-13)7-30-40(35,36)37/h2-3,6,8,10,12-13,17,22,30,33H,4-5,7,9H2,1H3,(H,28,29,31)(H,35,36,37)/t12-,13-,17+,22-/m1/s1. The van der Waals surface area contributed by atoms with E-state index in [9.17, 15) is 27.1 Å². The summed E-state index contributed by atoms with van der Waals surface area (Å²) in [4.78, 5) is 26.8. The molecule has 1 aliphatic heterocycles. The molecule has 1 saturated carbocycles. The molecule has 0 amide bonds. The number of halogens is 3. The highest BCUT2D eigenvalue weighted by atomic mass is 35.5. The molecule has 16 heteroatoms. The normalized spacial score (nSPS) is 24.1. The number of aromatic nitrogens is 3. The van der Waals surface area contributed by atoms with Gasteiger partial charge in [0, 0.05) is 40.7 Å². The number of thiophene rings is 1. The summed E-state index contributed by atoms with van der Waals surface area (Å²) in [7, 11) is -4.40. The summed E-state index contributed by atoms with van der Waals surface area (Å²) >= 11 is 7.16. The summed E-state index contributed by atoms with van der Waals surface area (Å²) in [6.07, 6.45) is 1.43. The van der Waals surface area contributed by atoms with Gasteiger partial charge in [-0.2, -0.15) is 21.9 Å². The maximum Gasteiger partial charge on any atom is 0.333 e. The highest BCUT2D eigenvalue weighted by Gasteiger charge is 2.44. The van der Waals surface area contributed by atoms with Gasteiger partial charge in [0.15, 0.2) is 0 Å². The molecule has 3 aromatic heterocycles. The van der Waals surface area contributed by atoms with E-state index >= 15 is 0 Å². The summed E-state index contributed by atoms with van der Waals surface area (Å²) in [5.74, 6) is -3.88. The number of nitrogens with one attached hydrogen (secondary N) is 2. The fourth-order valence-corrected chi connectivity index (χ4v) is 6.58. The summed E-state index contributed by atoms with van der Waals surface area (Å²) in [5.41, 5.74) is 0.381. The largest absolute Gasteiger partial charge is 0.393 e. The molecule has 4 heterocycles. The van der Waals surface area contributed by atoms with Crippen LogP contribution < -0.4 is 10.0 Å². The van der Waals surface area contributed by atoms with Crippen molar-refractivity contribution in [3.05, 3.63) is 68.0 Å². The maximum absolute atomic E-state index is 14.5. The third-order valence-electron chi connectivity index (χ3n) is 6.91. The van der Waals surface area contributed by atoms with Crippen LogP contribution in [0.1, 0.15) is 55.9 Å². The quantitative estimate of drug-likeness (QED) is 0.168. The molecule has 0 radical (unpaired) electrons. The van der Waals surface area contributed by atoms with E-state index in [1.54, 1.807) is 13.0 Å². The van der Waals surface area contributed by atoms with Crippen LogP contribution in [0.2, 0.25) is 5.15 Å². The van der Waals surface area contributed by atoms with Crippen LogP contribution in [0, 0.1) is 12.8 Å². The number of anilines is 1. The number of aliphatic hydroxyl groups excluding tert-OH is 1. The summed E-state index contributed by atoms with van der Waals surface area (Å²) in [6, 6.07) is 3.77. The average Bonchev–Trinajstić information content (AvgIpc) is 3.43. The van der Waals surface area contributed by atoms with Crippen LogP contribution in [0.5, 0.6) is 0 Å². The van der Waals surface area contributed by atoms with Crippen molar-refractivity contribution >= 4 is 44.8 Å². The number of hydrogen-bond acceptors (Lipinski definition) is 10. The molecule has 1 fully saturated rings. The maximum atomic E-state index is 14.5. The lowest BCUT2D eigenvalue weighted by atomic mass is 9.95. The van der Waals surface area contributed by atoms with Gasteiger partial charge < -0.3 is 15.2 Å². The molecule has 0 aromatic carbocycles. The number of nitrogens with zero attached hydrogens (tertiary/aromatic N) is 3. The Labute approximate surface area is 236 Å². The minimum absolute atomic E-state index is 0.00752. The Bertz CT molecular complexity index is 1560. The van der Waals surface area contributed by atoms with Crippen molar-refractivity contribution in [3.8, 4) is 0 Å². The molecule has 40 heavy (non-hydrogen) atoms.